The van der Waals surface area contributed by atoms with Gasteiger partial charge in [0.25, 0.3) is 5.91 Å². The summed E-state index contributed by atoms with van der Waals surface area (Å²) in [5.74, 6) is 5.97. The Morgan fingerprint density at radius 1 is 1.04 bits per heavy atom. The fourth-order valence-electron chi connectivity index (χ4n) is 2.48. The highest BCUT2D eigenvalue weighted by Gasteiger charge is 2.13. The molecular weight excluding hydrogens is 330 g/mol. The summed E-state index contributed by atoms with van der Waals surface area (Å²) in [6.45, 7) is 0. The maximum absolute atomic E-state index is 12.5. The van der Waals surface area contributed by atoms with Crippen molar-refractivity contribution >= 4 is 33.8 Å². The van der Waals surface area contributed by atoms with Crippen molar-refractivity contribution in [3.8, 4) is 11.8 Å². The number of aromatic amines is 1. The molecule has 5 heteroatoms. The Kier molecular flexibility index (Phi) is 4.03. The number of H-pyrrole nitrogens is 1. The summed E-state index contributed by atoms with van der Waals surface area (Å²) < 4.78 is 0. The van der Waals surface area contributed by atoms with E-state index in [0.717, 1.165) is 21.3 Å². The number of carbonyl (C=O) groups is 1. The van der Waals surface area contributed by atoms with Gasteiger partial charge in [-0.05, 0) is 35.7 Å². The third-order valence-electron chi connectivity index (χ3n) is 3.66. The average Bonchev–Trinajstić information content (AvgIpc) is 3.30. The molecule has 0 saturated heterocycles. The molecule has 0 aliphatic carbocycles. The Morgan fingerprint density at radius 3 is 2.84 bits per heavy atom. The van der Waals surface area contributed by atoms with Crippen LogP contribution in [0.3, 0.4) is 0 Å². The zero-order chi connectivity index (χ0) is 17.1. The predicted octanol–water partition coefficient (Wildman–Crippen LogP) is 4.28. The van der Waals surface area contributed by atoms with Crippen LogP contribution in [-0.2, 0) is 0 Å². The van der Waals surface area contributed by atoms with Crippen molar-refractivity contribution in [2.75, 3.05) is 5.32 Å². The number of amides is 1. The van der Waals surface area contributed by atoms with Gasteiger partial charge in [-0.3, -0.25) is 9.89 Å². The first kappa shape index (κ1) is 15.2. The summed E-state index contributed by atoms with van der Waals surface area (Å²) in [7, 11) is 0. The molecule has 0 radical (unpaired) electrons. The first-order valence-electron chi connectivity index (χ1n) is 7.70. The largest absolute Gasteiger partial charge is 0.321 e. The molecule has 4 rings (SSSR count). The van der Waals surface area contributed by atoms with Crippen molar-refractivity contribution in [3.63, 3.8) is 0 Å². The van der Waals surface area contributed by atoms with Crippen molar-refractivity contribution in [3.05, 3.63) is 82.2 Å². The predicted molar refractivity (Wildman–Crippen MR) is 101 cm³/mol. The minimum absolute atomic E-state index is 0.249. The van der Waals surface area contributed by atoms with Crippen molar-refractivity contribution in [1.82, 2.24) is 10.2 Å². The molecule has 2 N–H and O–H groups in total. The molecule has 25 heavy (non-hydrogen) atoms. The van der Waals surface area contributed by atoms with E-state index in [9.17, 15) is 4.79 Å². The second kappa shape index (κ2) is 6.63. The van der Waals surface area contributed by atoms with Gasteiger partial charge < -0.3 is 5.32 Å². The zero-order valence-electron chi connectivity index (χ0n) is 13.1. The Balaban J connectivity index is 1.56. The summed E-state index contributed by atoms with van der Waals surface area (Å²) in [6, 6.07) is 19.0. The van der Waals surface area contributed by atoms with Gasteiger partial charge in [0, 0.05) is 16.6 Å². The van der Waals surface area contributed by atoms with Gasteiger partial charge in [0.05, 0.1) is 10.4 Å². The monoisotopic (exact) mass is 343 g/mol. The molecular formula is C20H13N3OS. The van der Waals surface area contributed by atoms with Crippen LogP contribution >= 0.6 is 11.3 Å². The number of benzene rings is 2. The lowest BCUT2D eigenvalue weighted by molar-refractivity contribution is 0.102. The van der Waals surface area contributed by atoms with Gasteiger partial charge in [-0.25, -0.2) is 0 Å². The first-order valence-corrected chi connectivity index (χ1v) is 8.57. The van der Waals surface area contributed by atoms with Gasteiger partial charge >= 0.3 is 0 Å². The van der Waals surface area contributed by atoms with Gasteiger partial charge in [0.15, 0.2) is 5.69 Å². The highest BCUT2D eigenvalue weighted by molar-refractivity contribution is 7.10. The van der Waals surface area contributed by atoms with Gasteiger partial charge in [-0.2, -0.15) is 5.10 Å². The Bertz CT molecular complexity index is 1100. The first-order chi connectivity index (χ1) is 12.3. The molecule has 2 heterocycles. The maximum Gasteiger partial charge on any atom is 0.276 e. The SMILES string of the molecule is O=C(Nc1cccc(C#Cc2cccs2)c1)c1n[nH]c2ccccc12. The van der Waals surface area contributed by atoms with Gasteiger partial charge in [0.1, 0.15) is 0 Å². The summed E-state index contributed by atoms with van der Waals surface area (Å²) in [5, 5.41) is 12.7. The molecule has 2 aromatic heterocycles. The van der Waals surface area contributed by atoms with Gasteiger partial charge in [-0.15, -0.1) is 11.3 Å². The molecule has 4 aromatic rings. The number of carbonyl (C=O) groups excluding carboxylic acids is 1. The minimum atomic E-state index is -0.249. The zero-order valence-corrected chi connectivity index (χ0v) is 13.9. The highest BCUT2D eigenvalue weighted by Crippen LogP contribution is 2.17. The Labute approximate surface area is 148 Å². The summed E-state index contributed by atoms with van der Waals surface area (Å²) in [5.41, 5.74) is 2.75. The standard InChI is InChI=1S/C20H13N3OS/c24-20(19-17-8-1-2-9-18(17)22-23-19)21-15-6-3-5-14(13-15)10-11-16-7-4-12-25-16/h1-9,12-13H,(H,21,24)(H,22,23). The number of rotatable bonds is 2. The maximum atomic E-state index is 12.5. The molecule has 0 bridgehead atoms. The number of anilines is 1. The molecule has 1 amide bonds. The lowest BCUT2D eigenvalue weighted by Crippen LogP contribution is -2.12. The van der Waals surface area contributed by atoms with E-state index in [1.807, 2.05) is 66.0 Å². The molecule has 4 nitrogen and oxygen atoms in total. The number of nitrogens with zero attached hydrogens (tertiary/aromatic N) is 1. The van der Waals surface area contributed by atoms with Crippen molar-refractivity contribution in [2.45, 2.75) is 0 Å². The van der Waals surface area contributed by atoms with Gasteiger partial charge in [-0.1, -0.05) is 42.2 Å². The van der Waals surface area contributed by atoms with Gasteiger partial charge in [0.2, 0.25) is 0 Å². The van der Waals surface area contributed by atoms with Crippen LogP contribution in [0.2, 0.25) is 0 Å². The van der Waals surface area contributed by atoms with Crippen LogP contribution in [0, 0.1) is 11.8 Å². The fourth-order valence-corrected chi connectivity index (χ4v) is 3.06. The molecule has 0 unspecified atom stereocenters. The summed E-state index contributed by atoms with van der Waals surface area (Å²) >= 11 is 1.60. The summed E-state index contributed by atoms with van der Waals surface area (Å²) in [4.78, 5) is 13.5. The lowest BCUT2D eigenvalue weighted by Gasteiger charge is -2.04. The molecule has 0 spiro atoms. The van der Waals surface area contributed by atoms with E-state index in [1.165, 1.54) is 0 Å². The Morgan fingerprint density at radius 2 is 1.96 bits per heavy atom. The number of hydrogen-bond acceptors (Lipinski definition) is 3. The van der Waals surface area contributed by atoms with Crippen LogP contribution in [0.15, 0.2) is 66.0 Å². The van der Waals surface area contributed by atoms with Crippen LogP contribution in [0.4, 0.5) is 5.69 Å². The van der Waals surface area contributed by atoms with E-state index in [0.29, 0.717) is 11.4 Å². The third-order valence-corrected chi connectivity index (χ3v) is 4.44. The second-order valence-electron chi connectivity index (χ2n) is 5.38. The topological polar surface area (TPSA) is 57.8 Å². The van der Waals surface area contributed by atoms with Crippen molar-refractivity contribution in [2.24, 2.45) is 0 Å². The van der Waals surface area contributed by atoms with E-state index in [2.05, 4.69) is 27.4 Å². The van der Waals surface area contributed by atoms with Crippen LogP contribution in [0.1, 0.15) is 20.9 Å². The van der Waals surface area contributed by atoms with Crippen LogP contribution < -0.4 is 5.32 Å². The van der Waals surface area contributed by atoms with E-state index in [4.69, 9.17) is 0 Å². The van der Waals surface area contributed by atoms with Crippen LogP contribution in [-0.4, -0.2) is 16.1 Å². The lowest BCUT2D eigenvalue weighted by atomic mass is 10.2. The van der Waals surface area contributed by atoms with Crippen LogP contribution in [0.25, 0.3) is 10.9 Å². The molecule has 0 saturated carbocycles. The smallest absolute Gasteiger partial charge is 0.276 e. The normalized spacial score (nSPS) is 10.2. The van der Waals surface area contributed by atoms with E-state index in [1.54, 1.807) is 11.3 Å². The number of aromatic nitrogens is 2. The van der Waals surface area contributed by atoms with E-state index < -0.39 is 0 Å². The van der Waals surface area contributed by atoms with Crippen molar-refractivity contribution < 1.29 is 4.79 Å². The number of nitrogens with one attached hydrogen (secondary N) is 2. The molecule has 0 atom stereocenters. The van der Waals surface area contributed by atoms with E-state index >= 15 is 0 Å². The van der Waals surface area contributed by atoms with Crippen LogP contribution in [0.5, 0.6) is 0 Å². The summed E-state index contributed by atoms with van der Waals surface area (Å²) in [6.07, 6.45) is 0. The average molecular weight is 343 g/mol. The quantitative estimate of drug-likeness (QED) is 0.534. The van der Waals surface area contributed by atoms with E-state index in [-0.39, 0.29) is 5.91 Å². The molecule has 120 valence electrons. The number of hydrogen-bond donors (Lipinski definition) is 2. The minimum Gasteiger partial charge on any atom is -0.321 e. The molecule has 0 fully saturated rings. The number of para-hydroxylation sites is 1. The molecule has 0 aliphatic rings. The molecule has 2 aromatic carbocycles. The van der Waals surface area contributed by atoms with Crippen molar-refractivity contribution in [1.29, 1.82) is 0 Å². The Hall–Kier alpha value is -3.36. The number of fused-ring (bicyclic) bond motifs is 1. The highest BCUT2D eigenvalue weighted by atomic mass is 32.1. The second-order valence-corrected chi connectivity index (χ2v) is 6.33. The number of thiophene rings is 1. The molecule has 0 aliphatic heterocycles. The third kappa shape index (κ3) is 3.30. The fraction of sp³-hybridized carbons (Fsp3) is 0.